The molecule has 2 heterocycles. The molecule has 5 nitrogen and oxygen atoms in total. The maximum atomic E-state index is 5.59. The maximum absolute atomic E-state index is 5.59. The number of aromatic nitrogens is 1. The summed E-state index contributed by atoms with van der Waals surface area (Å²) in [7, 11) is 1.88. The minimum atomic E-state index is 0.152. The van der Waals surface area contributed by atoms with Crippen molar-refractivity contribution in [2.24, 2.45) is 16.8 Å². The van der Waals surface area contributed by atoms with E-state index in [9.17, 15) is 0 Å². The molecule has 1 aromatic rings. The molecular weight excluding hydrogens is 300 g/mol. The number of ether oxygens (including phenoxy) is 1. The van der Waals surface area contributed by atoms with E-state index in [1.165, 1.54) is 25.7 Å². The summed E-state index contributed by atoms with van der Waals surface area (Å²) in [6.45, 7) is 7.07. The van der Waals surface area contributed by atoms with Gasteiger partial charge in [0.1, 0.15) is 0 Å². The molecule has 2 unspecified atom stereocenters. The number of fused-ring (bicyclic) bond motifs is 1. The van der Waals surface area contributed by atoms with Crippen LogP contribution < -0.4 is 10.1 Å². The molecule has 1 saturated heterocycles. The van der Waals surface area contributed by atoms with Crippen molar-refractivity contribution in [1.82, 2.24) is 15.2 Å². The summed E-state index contributed by atoms with van der Waals surface area (Å²) >= 11 is 0. The van der Waals surface area contributed by atoms with Gasteiger partial charge in [-0.1, -0.05) is 18.9 Å². The third kappa shape index (κ3) is 4.19. The summed E-state index contributed by atoms with van der Waals surface area (Å²) in [5.41, 5.74) is 1.14. The van der Waals surface area contributed by atoms with E-state index < -0.39 is 0 Å². The van der Waals surface area contributed by atoms with Crippen molar-refractivity contribution in [3.05, 3.63) is 23.9 Å². The zero-order chi connectivity index (χ0) is 16.9. The van der Waals surface area contributed by atoms with Gasteiger partial charge in [0.05, 0.1) is 6.10 Å². The molecule has 5 heteroatoms. The molecule has 0 spiro atoms. The average molecular weight is 330 g/mol. The Morgan fingerprint density at radius 3 is 2.54 bits per heavy atom. The van der Waals surface area contributed by atoms with Crippen molar-refractivity contribution < 1.29 is 4.74 Å². The van der Waals surface area contributed by atoms with Gasteiger partial charge in [-0.15, -0.1) is 0 Å². The lowest BCUT2D eigenvalue weighted by atomic mass is 9.82. The van der Waals surface area contributed by atoms with Gasteiger partial charge < -0.3 is 15.0 Å². The van der Waals surface area contributed by atoms with Crippen LogP contribution in [0.15, 0.2) is 23.3 Å². The van der Waals surface area contributed by atoms with E-state index in [1.807, 2.05) is 33.2 Å². The molecule has 0 bridgehead atoms. The first kappa shape index (κ1) is 17.1. The number of pyridine rings is 1. The Bertz CT molecular complexity index is 541. The average Bonchev–Trinajstić information content (AvgIpc) is 3.00. The van der Waals surface area contributed by atoms with Crippen LogP contribution in [0.2, 0.25) is 0 Å². The normalized spacial score (nSPS) is 24.2. The highest BCUT2D eigenvalue weighted by atomic mass is 16.5. The Labute approximate surface area is 145 Å². The van der Waals surface area contributed by atoms with E-state index in [0.717, 1.165) is 43.0 Å². The van der Waals surface area contributed by atoms with Gasteiger partial charge in [-0.3, -0.25) is 4.99 Å². The van der Waals surface area contributed by atoms with E-state index >= 15 is 0 Å². The lowest BCUT2D eigenvalue weighted by Crippen LogP contribution is -2.39. The van der Waals surface area contributed by atoms with Crippen molar-refractivity contribution in [2.45, 2.75) is 52.2 Å². The summed E-state index contributed by atoms with van der Waals surface area (Å²) < 4.78 is 5.59. The molecule has 3 rings (SSSR count). The second kappa shape index (κ2) is 7.86. The number of likely N-dealkylation sites (tertiary alicyclic amines) is 1. The van der Waals surface area contributed by atoms with Crippen LogP contribution in [0.1, 0.15) is 45.1 Å². The number of hydrogen-bond acceptors (Lipinski definition) is 3. The summed E-state index contributed by atoms with van der Waals surface area (Å²) in [6, 6.07) is 4.00. The highest BCUT2D eigenvalue weighted by molar-refractivity contribution is 5.80. The van der Waals surface area contributed by atoms with E-state index in [0.29, 0.717) is 5.88 Å². The van der Waals surface area contributed by atoms with Crippen molar-refractivity contribution in [3.8, 4) is 5.88 Å². The molecule has 2 atom stereocenters. The Morgan fingerprint density at radius 1 is 1.29 bits per heavy atom. The highest BCUT2D eigenvalue weighted by Gasteiger charge is 2.35. The Balaban J connectivity index is 1.53. The van der Waals surface area contributed by atoms with E-state index in [1.54, 1.807) is 0 Å². The molecule has 0 amide bonds. The Kier molecular flexibility index (Phi) is 5.59. The molecular formula is C19H30N4O. The van der Waals surface area contributed by atoms with Crippen LogP contribution in [0, 0.1) is 11.8 Å². The minimum absolute atomic E-state index is 0.152. The van der Waals surface area contributed by atoms with Gasteiger partial charge in [-0.05, 0) is 44.1 Å². The number of nitrogens with one attached hydrogen (secondary N) is 1. The topological polar surface area (TPSA) is 49.8 Å². The molecule has 132 valence electrons. The molecule has 2 fully saturated rings. The molecule has 1 saturated carbocycles. The number of nitrogens with zero attached hydrogens (tertiary/aromatic N) is 3. The summed E-state index contributed by atoms with van der Waals surface area (Å²) in [5.74, 6) is 3.44. The third-order valence-electron chi connectivity index (χ3n) is 5.09. The molecule has 1 aliphatic carbocycles. The molecule has 24 heavy (non-hydrogen) atoms. The highest BCUT2D eigenvalue weighted by Crippen LogP contribution is 2.35. The number of rotatable bonds is 4. The van der Waals surface area contributed by atoms with Crippen molar-refractivity contribution >= 4 is 5.96 Å². The first-order valence-corrected chi connectivity index (χ1v) is 9.23. The van der Waals surface area contributed by atoms with E-state index in [-0.39, 0.29) is 6.10 Å². The van der Waals surface area contributed by atoms with Gasteiger partial charge in [0, 0.05) is 38.9 Å². The standard InChI is InChI=1S/C19H30N4O/c1-14(2)24-18-9-8-15(10-21-18)11-22-19(20-3)23-12-16-6-4-5-7-17(16)13-23/h8-10,14,16-17H,4-7,11-13H2,1-3H3,(H,20,22). The third-order valence-corrected chi connectivity index (χ3v) is 5.09. The fourth-order valence-electron chi connectivity index (χ4n) is 3.92. The van der Waals surface area contributed by atoms with E-state index in [2.05, 4.69) is 26.3 Å². The van der Waals surface area contributed by atoms with Gasteiger partial charge in [0.15, 0.2) is 5.96 Å². The van der Waals surface area contributed by atoms with Crippen molar-refractivity contribution in [2.75, 3.05) is 20.1 Å². The van der Waals surface area contributed by atoms with Crippen molar-refractivity contribution in [3.63, 3.8) is 0 Å². The molecule has 0 aromatic carbocycles. The first-order chi connectivity index (χ1) is 11.7. The van der Waals surface area contributed by atoms with Gasteiger partial charge in [0.25, 0.3) is 0 Å². The summed E-state index contributed by atoms with van der Waals surface area (Å²) in [5, 5.41) is 3.49. The zero-order valence-corrected chi connectivity index (χ0v) is 15.2. The van der Waals surface area contributed by atoms with E-state index in [4.69, 9.17) is 4.74 Å². The smallest absolute Gasteiger partial charge is 0.213 e. The predicted octanol–water partition coefficient (Wildman–Crippen LogP) is 3.07. The Hall–Kier alpha value is -1.78. The molecule has 1 aromatic heterocycles. The van der Waals surface area contributed by atoms with Crippen LogP contribution in [-0.2, 0) is 6.54 Å². The SMILES string of the molecule is CN=C(NCc1ccc(OC(C)C)nc1)N1CC2CCCCC2C1. The fourth-order valence-corrected chi connectivity index (χ4v) is 3.92. The van der Waals surface area contributed by atoms with Gasteiger partial charge >= 0.3 is 0 Å². The first-order valence-electron chi connectivity index (χ1n) is 9.23. The van der Waals surface area contributed by atoms with Gasteiger partial charge in [-0.25, -0.2) is 4.98 Å². The van der Waals surface area contributed by atoms with Crippen LogP contribution >= 0.6 is 0 Å². The maximum Gasteiger partial charge on any atom is 0.213 e. The quantitative estimate of drug-likeness (QED) is 0.681. The fraction of sp³-hybridized carbons (Fsp3) is 0.684. The predicted molar refractivity (Wildman–Crippen MR) is 97.2 cm³/mol. The second-order valence-corrected chi connectivity index (χ2v) is 7.28. The molecule has 1 N–H and O–H groups in total. The van der Waals surface area contributed by atoms with Crippen LogP contribution in [0.25, 0.3) is 0 Å². The van der Waals surface area contributed by atoms with Crippen LogP contribution in [-0.4, -0.2) is 42.1 Å². The monoisotopic (exact) mass is 330 g/mol. The second-order valence-electron chi connectivity index (χ2n) is 7.28. The lowest BCUT2D eigenvalue weighted by molar-refractivity contribution is 0.232. The summed E-state index contributed by atoms with van der Waals surface area (Å²) in [6.07, 6.45) is 7.61. The largest absolute Gasteiger partial charge is 0.475 e. The number of aliphatic imine (C=N–C) groups is 1. The molecule has 2 aliphatic rings. The minimum Gasteiger partial charge on any atom is -0.475 e. The lowest BCUT2D eigenvalue weighted by Gasteiger charge is -2.22. The molecule has 0 radical (unpaired) electrons. The van der Waals surface area contributed by atoms with Crippen molar-refractivity contribution in [1.29, 1.82) is 0 Å². The van der Waals surface area contributed by atoms with Crippen LogP contribution in [0.3, 0.4) is 0 Å². The van der Waals surface area contributed by atoms with Gasteiger partial charge in [-0.2, -0.15) is 0 Å². The zero-order valence-electron chi connectivity index (χ0n) is 15.2. The van der Waals surface area contributed by atoms with Crippen LogP contribution in [0.5, 0.6) is 5.88 Å². The Morgan fingerprint density at radius 2 is 2.00 bits per heavy atom. The number of hydrogen-bond donors (Lipinski definition) is 1. The van der Waals surface area contributed by atoms with Crippen LogP contribution in [0.4, 0.5) is 0 Å². The van der Waals surface area contributed by atoms with Gasteiger partial charge in [0.2, 0.25) is 5.88 Å². The summed E-state index contributed by atoms with van der Waals surface area (Å²) in [4.78, 5) is 11.3. The molecule has 1 aliphatic heterocycles. The number of guanidine groups is 1.